The molecule has 0 aromatic heterocycles. The van der Waals surface area contributed by atoms with E-state index in [0.717, 1.165) is 0 Å². The van der Waals surface area contributed by atoms with Gasteiger partial charge in [0.25, 0.3) is 0 Å². The zero-order valence-electron chi connectivity index (χ0n) is 44.0. The molecule has 0 radical (unpaired) electrons. The van der Waals surface area contributed by atoms with E-state index in [-0.39, 0.29) is 82.0 Å². The number of anilines is 1. The molecule has 2 bridgehead atoms. The number of benzene rings is 1. The fraction of sp³-hybridized carbons (Fsp3) is 0.596. The number of allylic oxidation sites excluding steroid dienone is 12. The highest BCUT2D eigenvalue weighted by Gasteiger charge is 2.50. The number of carbonyl (C=O) groups is 3. The predicted octanol–water partition coefficient (Wildman–Crippen LogP) is 2.72. The molecule has 1 aromatic rings. The van der Waals surface area contributed by atoms with Gasteiger partial charge in [0.15, 0.2) is 17.9 Å². The van der Waals surface area contributed by atoms with Crippen LogP contribution in [0.15, 0.2) is 109 Å². The van der Waals surface area contributed by atoms with Crippen molar-refractivity contribution in [3.8, 4) is 0 Å². The lowest BCUT2D eigenvalue weighted by Gasteiger charge is -2.45. The molecule has 0 aliphatic carbocycles. The molecule has 2 fully saturated rings. The zero-order chi connectivity index (χ0) is 56.7. The van der Waals surface area contributed by atoms with Crippen LogP contribution in [-0.2, 0) is 28.5 Å². The highest BCUT2D eigenvalue weighted by Crippen LogP contribution is 2.38. The summed E-state index contributed by atoms with van der Waals surface area (Å²) in [6, 6.07) is 5.32. The first-order chi connectivity index (χ1) is 36.5. The number of aliphatic hydroxyl groups is 10. The minimum Gasteiger partial charge on any atom is -0.481 e. The van der Waals surface area contributed by atoms with Crippen molar-refractivity contribution in [2.24, 2.45) is 23.5 Å². The minimum atomic E-state index is -2.28. The van der Waals surface area contributed by atoms with Gasteiger partial charge in [0.05, 0.1) is 80.1 Å². The fourth-order valence-corrected chi connectivity index (χ4v) is 9.70. The van der Waals surface area contributed by atoms with E-state index in [2.05, 4.69) is 0 Å². The van der Waals surface area contributed by atoms with E-state index >= 15 is 0 Å². The Bertz CT molecular complexity index is 2160. The molecule has 4 rings (SSSR count). The van der Waals surface area contributed by atoms with Crippen LogP contribution in [0.25, 0.3) is 0 Å². The van der Waals surface area contributed by atoms with Gasteiger partial charge < -0.3 is 86.6 Å². The molecule has 20 nitrogen and oxygen atoms in total. The van der Waals surface area contributed by atoms with Crippen molar-refractivity contribution in [1.29, 1.82) is 0 Å². The molecule has 20 heteroatoms. The summed E-state index contributed by atoms with van der Waals surface area (Å²) >= 11 is 0. The molecule has 14 unspecified atom stereocenters. The smallest absolute Gasteiger partial charge is 0.311 e. The van der Waals surface area contributed by atoms with E-state index in [1.165, 1.54) is 6.08 Å². The van der Waals surface area contributed by atoms with Crippen LogP contribution < -0.4 is 11.5 Å². The molecule has 0 saturated carbocycles. The number of hydrogen-bond donors (Lipinski definition) is 13. The number of hydrogen-bond acceptors (Lipinski definition) is 19. The van der Waals surface area contributed by atoms with Gasteiger partial charge in [-0.15, -0.1) is 0 Å². The zero-order valence-corrected chi connectivity index (χ0v) is 44.0. The molecule has 18 atom stereocenters. The summed E-state index contributed by atoms with van der Waals surface area (Å²) < 4.78 is 23.5. The number of carboxylic acid groups (broad SMARTS) is 1. The Morgan fingerprint density at radius 1 is 0.740 bits per heavy atom. The Morgan fingerprint density at radius 3 is 1.90 bits per heavy atom. The van der Waals surface area contributed by atoms with Crippen molar-refractivity contribution in [3.05, 3.63) is 115 Å². The van der Waals surface area contributed by atoms with Crippen molar-refractivity contribution < 1.29 is 89.5 Å². The van der Waals surface area contributed by atoms with Gasteiger partial charge in [-0.1, -0.05) is 98.9 Å². The number of aliphatic hydroxyl groups excluding tert-OH is 9. The van der Waals surface area contributed by atoms with Gasteiger partial charge in [-0.25, -0.2) is 0 Å². The third-order valence-electron chi connectivity index (χ3n) is 13.9. The van der Waals surface area contributed by atoms with Gasteiger partial charge >= 0.3 is 11.9 Å². The normalized spacial score (nSPS) is 38.1. The van der Waals surface area contributed by atoms with Gasteiger partial charge in [0.2, 0.25) is 0 Å². The summed E-state index contributed by atoms with van der Waals surface area (Å²) in [6.45, 7) is 3.49. The van der Waals surface area contributed by atoms with Crippen LogP contribution in [0.5, 0.6) is 0 Å². The number of ether oxygens (including phenoxy) is 4. The number of cyclic esters (lactones) is 1. The molecule has 77 heavy (non-hydrogen) atoms. The summed E-state index contributed by atoms with van der Waals surface area (Å²) in [5.41, 5.74) is 12.7. The summed E-state index contributed by atoms with van der Waals surface area (Å²) in [5.74, 6) is -6.81. The topological polar surface area (TPSA) is 363 Å². The van der Waals surface area contributed by atoms with E-state index in [1.54, 1.807) is 97.2 Å². The number of nitrogen functional groups attached to an aromatic ring is 1. The quantitative estimate of drug-likeness (QED) is 0.0910. The molecular formula is C57H84N2O18. The second-order valence-electron chi connectivity index (χ2n) is 20.8. The van der Waals surface area contributed by atoms with Gasteiger partial charge in [0.1, 0.15) is 18.1 Å². The third kappa shape index (κ3) is 23.2. The first kappa shape index (κ1) is 64.8. The molecule has 15 N–H and O–H groups in total. The maximum absolute atomic E-state index is 13.3. The van der Waals surface area contributed by atoms with Crippen LogP contribution in [0.3, 0.4) is 0 Å². The van der Waals surface area contributed by atoms with Crippen LogP contribution in [0.2, 0.25) is 0 Å². The summed E-state index contributed by atoms with van der Waals surface area (Å²) in [6.07, 6.45) is 6.88. The molecule has 3 heterocycles. The number of ketones is 1. The molecule has 3 aliphatic heterocycles. The number of aliphatic carboxylic acids is 1. The van der Waals surface area contributed by atoms with Gasteiger partial charge in [0, 0.05) is 42.9 Å². The van der Waals surface area contributed by atoms with Gasteiger partial charge in [-0.2, -0.15) is 0 Å². The predicted molar refractivity (Wildman–Crippen MR) is 285 cm³/mol. The average Bonchev–Trinajstić information content (AvgIpc) is 3.34. The Hall–Kier alpha value is -4.75. The van der Waals surface area contributed by atoms with Gasteiger partial charge in [-0.05, 0) is 81.5 Å². The monoisotopic (exact) mass is 1080 g/mol. The second-order valence-corrected chi connectivity index (χ2v) is 20.8. The minimum absolute atomic E-state index is 0.101. The van der Waals surface area contributed by atoms with E-state index in [4.69, 9.17) is 30.4 Å². The van der Waals surface area contributed by atoms with Crippen LogP contribution in [0.1, 0.15) is 108 Å². The summed E-state index contributed by atoms with van der Waals surface area (Å²) in [7, 11) is 0. The molecule has 0 amide bonds. The molecule has 2 saturated heterocycles. The van der Waals surface area contributed by atoms with Crippen LogP contribution in [-0.4, -0.2) is 172 Å². The SMILES string of the molecule is CC1/C=C/C=C/C=C\C=C/C=C/C=C/C=C/C(OC2OC[C@@H](O)[C@H](N)[C@@H]2O)C[C@@H]2OC(O)(CC(O)CC(O)CC(O)CCCC(O)CC(O)CC(=O)OC1C(C)CCC(O)CC(=O)c1ccc(N)cc1)CC(O)C2C(=O)O. The van der Waals surface area contributed by atoms with E-state index < -0.39 is 128 Å². The van der Waals surface area contributed by atoms with Crippen molar-refractivity contribution >= 4 is 23.4 Å². The van der Waals surface area contributed by atoms with E-state index in [9.17, 15) is 70.6 Å². The Balaban J connectivity index is 1.51. The Morgan fingerprint density at radius 2 is 1.30 bits per heavy atom. The number of rotatable bonds is 10. The van der Waals surface area contributed by atoms with Crippen LogP contribution >= 0.6 is 0 Å². The number of fused-ring (bicyclic) bond motifs is 2. The van der Waals surface area contributed by atoms with Crippen molar-refractivity contribution in [2.45, 2.75) is 189 Å². The lowest BCUT2D eigenvalue weighted by Crippen LogP contribution is -2.59. The molecule has 430 valence electrons. The van der Waals surface area contributed by atoms with E-state index in [1.807, 2.05) is 19.9 Å². The molecular weight excluding hydrogens is 1000 g/mol. The summed E-state index contributed by atoms with van der Waals surface area (Å²) in [5, 5.41) is 119. The first-order valence-electron chi connectivity index (χ1n) is 26.6. The standard InChI is InChI=1S/C57H84N2O18/c1-35-16-13-11-9-7-5-3-4-6-8-10-12-14-19-45(75-56-53(70)52(59)48(68)34-74-56)31-49-51(55(71)72)47(67)33-57(73,77-49)32-44(65)28-42(63)26-39(60)17-15-18-40(61)27-43(64)30-50(69)76-54(35)36(2)20-25-41(62)29-46(66)37-21-23-38(58)24-22-37/h3-14,16,19,21-24,35-36,39-45,47-49,51-54,56,60-65,67-68,70,73H,15,17-18,20,25-34,58-59H2,1-2H3,(H,71,72)/b4-3-,7-5-,8-6+,11-9+,12-10+,16-13+,19-14+/t35?,36?,39?,40?,41?,42?,43?,44?,45?,47?,48-,49+,51?,52+,53+,54?,56?,57?/m1/s1. The third-order valence-corrected chi connectivity index (χ3v) is 13.9. The largest absolute Gasteiger partial charge is 0.481 e. The number of Topliss-reactive ketones (excluding diaryl/α,β-unsaturated/α-hetero) is 1. The van der Waals surface area contributed by atoms with E-state index in [0.29, 0.717) is 17.7 Å². The lowest BCUT2D eigenvalue weighted by atomic mass is 9.82. The summed E-state index contributed by atoms with van der Waals surface area (Å²) in [4.78, 5) is 38.6. The number of esters is 1. The Kier molecular flexibility index (Phi) is 27.7. The first-order valence-corrected chi connectivity index (χ1v) is 26.6. The maximum Gasteiger partial charge on any atom is 0.311 e. The van der Waals surface area contributed by atoms with Crippen LogP contribution in [0.4, 0.5) is 5.69 Å². The number of nitrogens with two attached hydrogens (primary N) is 2. The van der Waals surface area contributed by atoms with Crippen molar-refractivity contribution in [2.75, 3.05) is 12.3 Å². The lowest BCUT2D eigenvalue weighted by molar-refractivity contribution is -0.305. The maximum atomic E-state index is 13.3. The van der Waals surface area contributed by atoms with Crippen LogP contribution in [0, 0.1) is 17.8 Å². The fourth-order valence-electron chi connectivity index (χ4n) is 9.70. The average molecular weight is 1090 g/mol. The van der Waals surface area contributed by atoms with Gasteiger partial charge in [-0.3, -0.25) is 14.4 Å². The van der Waals surface area contributed by atoms with Crippen molar-refractivity contribution in [1.82, 2.24) is 0 Å². The molecule has 3 aliphatic rings. The highest BCUT2D eigenvalue weighted by atomic mass is 16.7. The molecule has 1 aromatic carbocycles. The number of carbonyl (C=O) groups excluding carboxylic acids is 2. The number of carboxylic acids is 1. The highest BCUT2D eigenvalue weighted by molar-refractivity contribution is 5.96. The Labute approximate surface area is 451 Å². The second kappa shape index (κ2) is 33.0. The van der Waals surface area contributed by atoms with Crippen molar-refractivity contribution in [3.63, 3.8) is 0 Å². The molecule has 0 spiro atoms.